The smallest absolute Gasteiger partial charge is 0.227 e. The van der Waals surface area contributed by atoms with Crippen molar-refractivity contribution >= 4 is 5.91 Å². The van der Waals surface area contributed by atoms with Crippen LogP contribution in [0.1, 0.15) is 83.9 Å². The Morgan fingerprint density at radius 2 is 1.82 bits per heavy atom. The quantitative estimate of drug-likeness (QED) is 0.924. The lowest BCUT2D eigenvalue weighted by Crippen LogP contribution is -2.35. The van der Waals surface area contributed by atoms with Crippen LogP contribution in [0.15, 0.2) is 4.52 Å². The second kappa shape index (κ2) is 7.75. The van der Waals surface area contributed by atoms with Crippen LogP contribution < -0.4 is 5.32 Å². The Labute approximate surface area is 133 Å². The number of nitrogens with zero attached hydrogens (tertiary/aromatic N) is 2. The molecule has 0 aromatic carbocycles. The molecule has 1 saturated carbocycles. The summed E-state index contributed by atoms with van der Waals surface area (Å²) in [5.74, 6) is 1.35. The average Bonchev–Trinajstić information content (AvgIpc) is 2.88. The van der Waals surface area contributed by atoms with E-state index < -0.39 is 0 Å². The first-order valence-corrected chi connectivity index (χ1v) is 8.57. The zero-order valence-corrected chi connectivity index (χ0v) is 14.2. The normalized spacial score (nSPS) is 17.8. The Morgan fingerprint density at radius 1 is 1.18 bits per heavy atom. The molecular weight excluding hydrogens is 278 g/mol. The van der Waals surface area contributed by atoms with E-state index in [-0.39, 0.29) is 11.3 Å². The summed E-state index contributed by atoms with van der Waals surface area (Å²) in [6.45, 7) is 6.13. The first-order chi connectivity index (χ1) is 10.4. The molecular formula is C17H29N3O2. The zero-order valence-electron chi connectivity index (χ0n) is 14.2. The van der Waals surface area contributed by atoms with Gasteiger partial charge >= 0.3 is 0 Å². The summed E-state index contributed by atoms with van der Waals surface area (Å²) >= 11 is 0. The molecule has 124 valence electrons. The molecule has 22 heavy (non-hydrogen) atoms. The third-order valence-corrected chi connectivity index (χ3v) is 4.18. The number of hydrogen-bond donors (Lipinski definition) is 1. The second-order valence-electron chi connectivity index (χ2n) is 7.37. The van der Waals surface area contributed by atoms with Crippen LogP contribution in [0.25, 0.3) is 0 Å². The average molecular weight is 307 g/mol. The van der Waals surface area contributed by atoms with E-state index in [1.54, 1.807) is 0 Å². The zero-order chi connectivity index (χ0) is 16.0. The van der Waals surface area contributed by atoms with E-state index in [2.05, 4.69) is 15.5 Å². The van der Waals surface area contributed by atoms with Crippen molar-refractivity contribution < 1.29 is 9.32 Å². The van der Waals surface area contributed by atoms with Crippen molar-refractivity contribution in [1.82, 2.24) is 15.5 Å². The first kappa shape index (κ1) is 17.0. The second-order valence-corrected chi connectivity index (χ2v) is 7.37. The van der Waals surface area contributed by atoms with Crippen molar-refractivity contribution in [2.75, 3.05) is 0 Å². The van der Waals surface area contributed by atoms with Crippen LogP contribution in [-0.4, -0.2) is 22.1 Å². The van der Waals surface area contributed by atoms with E-state index in [1.165, 1.54) is 32.1 Å². The van der Waals surface area contributed by atoms with E-state index in [4.69, 9.17) is 4.52 Å². The molecule has 1 fully saturated rings. The molecule has 1 aromatic heterocycles. The van der Waals surface area contributed by atoms with Gasteiger partial charge in [-0.3, -0.25) is 4.79 Å². The van der Waals surface area contributed by atoms with E-state index >= 15 is 0 Å². The number of rotatable bonds is 4. The van der Waals surface area contributed by atoms with Gasteiger partial charge in [-0.05, 0) is 12.8 Å². The lowest BCUT2D eigenvalue weighted by atomic mass is 9.96. The molecule has 5 nitrogen and oxygen atoms in total. The predicted molar refractivity (Wildman–Crippen MR) is 85.6 cm³/mol. The SMILES string of the molecule is CC(C)(C)c1noc(CCC(=O)NC2CCCCCCC2)n1. The highest BCUT2D eigenvalue weighted by Gasteiger charge is 2.21. The van der Waals surface area contributed by atoms with Gasteiger partial charge in [0.25, 0.3) is 0 Å². The summed E-state index contributed by atoms with van der Waals surface area (Å²) in [4.78, 5) is 16.5. The molecule has 0 spiro atoms. The number of hydrogen-bond acceptors (Lipinski definition) is 4. The fourth-order valence-electron chi connectivity index (χ4n) is 2.78. The minimum absolute atomic E-state index is 0.0982. The molecule has 0 saturated heterocycles. The minimum Gasteiger partial charge on any atom is -0.353 e. The summed E-state index contributed by atoms with van der Waals surface area (Å²) in [7, 11) is 0. The van der Waals surface area contributed by atoms with Gasteiger partial charge in [-0.25, -0.2) is 0 Å². The summed E-state index contributed by atoms with van der Waals surface area (Å²) in [5.41, 5.74) is -0.122. The number of aryl methyl sites for hydroxylation is 1. The number of amides is 1. The van der Waals surface area contributed by atoms with Crippen molar-refractivity contribution in [3.8, 4) is 0 Å². The van der Waals surface area contributed by atoms with E-state index in [9.17, 15) is 4.79 Å². The topological polar surface area (TPSA) is 68.0 Å². The van der Waals surface area contributed by atoms with Gasteiger partial charge in [0, 0.05) is 24.3 Å². The highest BCUT2D eigenvalue weighted by molar-refractivity contribution is 5.76. The van der Waals surface area contributed by atoms with E-state index in [0.29, 0.717) is 30.6 Å². The minimum atomic E-state index is -0.122. The maximum Gasteiger partial charge on any atom is 0.227 e. The lowest BCUT2D eigenvalue weighted by Gasteiger charge is -2.20. The summed E-state index contributed by atoms with van der Waals surface area (Å²) in [5, 5.41) is 7.15. The van der Waals surface area contributed by atoms with Crippen LogP contribution in [0.5, 0.6) is 0 Å². The Balaban J connectivity index is 1.76. The van der Waals surface area contributed by atoms with Gasteiger partial charge in [0.05, 0.1) is 0 Å². The van der Waals surface area contributed by atoms with Crippen molar-refractivity contribution in [2.45, 2.75) is 90.0 Å². The van der Waals surface area contributed by atoms with E-state index in [1.807, 2.05) is 20.8 Å². The molecule has 0 bridgehead atoms. The molecule has 1 N–H and O–H groups in total. The maximum atomic E-state index is 12.1. The number of nitrogens with one attached hydrogen (secondary N) is 1. The third-order valence-electron chi connectivity index (χ3n) is 4.18. The van der Waals surface area contributed by atoms with E-state index in [0.717, 1.165) is 12.8 Å². The summed E-state index contributed by atoms with van der Waals surface area (Å²) in [6, 6.07) is 0.348. The molecule has 1 heterocycles. The molecule has 0 aliphatic heterocycles. The molecule has 0 unspecified atom stereocenters. The Bertz CT molecular complexity index is 468. The molecule has 5 heteroatoms. The van der Waals surface area contributed by atoms with Gasteiger partial charge < -0.3 is 9.84 Å². The van der Waals surface area contributed by atoms with Crippen molar-refractivity contribution in [2.24, 2.45) is 0 Å². The largest absolute Gasteiger partial charge is 0.353 e. The van der Waals surface area contributed by atoms with Gasteiger partial charge in [-0.1, -0.05) is 58.0 Å². The Kier molecular flexibility index (Phi) is 5.98. The Morgan fingerprint density at radius 3 is 2.41 bits per heavy atom. The number of carbonyl (C=O) groups excluding carboxylic acids is 1. The number of aromatic nitrogens is 2. The predicted octanol–water partition coefficient (Wildman–Crippen LogP) is 3.53. The van der Waals surface area contributed by atoms with Crippen molar-refractivity contribution in [3.05, 3.63) is 11.7 Å². The fraction of sp³-hybridized carbons (Fsp3) is 0.824. The molecule has 0 atom stereocenters. The van der Waals surface area contributed by atoms with Crippen LogP contribution in [0, 0.1) is 0 Å². The monoisotopic (exact) mass is 307 g/mol. The summed E-state index contributed by atoms with van der Waals surface area (Å²) in [6.07, 6.45) is 9.54. The molecule has 0 radical (unpaired) electrons. The third kappa shape index (κ3) is 5.43. The Hall–Kier alpha value is -1.39. The van der Waals surface area contributed by atoms with Crippen LogP contribution in [-0.2, 0) is 16.6 Å². The fourth-order valence-corrected chi connectivity index (χ4v) is 2.78. The maximum absolute atomic E-state index is 12.1. The summed E-state index contributed by atoms with van der Waals surface area (Å²) < 4.78 is 5.23. The van der Waals surface area contributed by atoms with Crippen LogP contribution in [0.3, 0.4) is 0 Å². The van der Waals surface area contributed by atoms with Crippen LogP contribution in [0.4, 0.5) is 0 Å². The molecule has 1 amide bonds. The molecule has 1 aliphatic rings. The van der Waals surface area contributed by atoms with Gasteiger partial charge in [0.1, 0.15) is 0 Å². The van der Waals surface area contributed by atoms with Gasteiger partial charge in [-0.15, -0.1) is 0 Å². The highest BCUT2D eigenvalue weighted by Crippen LogP contribution is 2.19. The van der Waals surface area contributed by atoms with Gasteiger partial charge in [0.2, 0.25) is 11.8 Å². The van der Waals surface area contributed by atoms with Crippen LogP contribution >= 0.6 is 0 Å². The van der Waals surface area contributed by atoms with Crippen LogP contribution in [0.2, 0.25) is 0 Å². The van der Waals surface area contributed by atoms with Gasteiger partial charge in [-0.2, -0.15) is 4.98 Å². The number of carbonyl (C=O) groups is 1. The van der Waals surface area contributed by atoms with Gasteiger partial charge in [0.15, 0.2) is 5.82 Å². The highest BCUT2D eigenvalue weighted by atomic mass is 16.5. The lowest BCUT2D eigenvalue weighted by molar-refractivity contribution is -0.122. The molecule has 1 aliphatic carbocycles. The van der Waals surface area contributed by atoms with Crippen molar-refractivity contribution in [3.63, 3.8) is 0 Å². The standard InChI is InChI=1S/C17H29N3O2/c1-17(2,3)16-19-15(22-20-16)12-11-14(21)18-13-9-7-5-4-6-8-10-13/h13H,4-12H2,1-3H3,(H,18,21). The molecule has 1 aromatic rings. The van der Waals surface area contributed by atoms with Crippen molar-refractivity contribution in [1.29, 1.82) is 0 Å². The first-order valence-electron chi connectivity index (χ1n) is 8.57. The molecule has 2 rings (SSSR count).